The summed E-state index contributed by atoms with van der Waals surface area (Å²) < 4.78 is 2.03. The minimum absolute atomic E-state index is 0.0214. The van der Waals surface area contributed by atoms with Crippen LogP contribution in [-0.4, -0.2) is 21.8 Å². The van der Waals surface area contributed by atoms with Crippen LogP contribution in [0, 0.1) is 6.92 Å². The monoisotopic (exact) mass is 340 g/mol. The molecule has 0 aliphatic carbocycles. The van der Waals surface area contributed by atoms with Gasteiger partial charge in [-0.15, -0.1) is 11.3 Å². The molecule has 0 aromatic carbocycles. The number of pyridine rings is 1. The van der Waals surface area contributed by atoms with Gasteiger partial charge in [-0.25, -0.2) is 4.98 Å². The molecule has 2 N–H and O–H groups in total. The Morgan fingerprint density at radius 1 is 1.46 bits per heavy atom. The molecule has 3 aromatic heterocycles. The van der Waals surface area contributed by atoms with E-state index in [1.165, 1.54) is 11.3 Å². The molecule has 124 valence electrons. The van der Waals surface area contributed by atoms with Gasteiger partial charge in [-0.3, -0.25) is 4.79 Å². The maximum absolute atomic E-state index is 12.4. The number of aromatic nitrogens is 2. The van der Waals surface area contributed by atoms with E-state index in [0.29, 0.717) is 12.6 Å². The van der Waals surface area contributed by atoms with Crippen molar-refractivity contribution < 1.29 is 4.79 Å². The molecule has 1 atom stereocenters. The lowest BCUT2D eigenvalue weighted by molar-refractivity contribution is 0.0954. The highest BCUT2D eigenvalue weighted by Crippen LogP contribution is 2.29. The number of thiophene rings is 1. The number of nitrogens with zero attached hydrogens (tertiary/aromatic N) is 2. The van der Waals surface area contributed by atoms with Gasteiger partial charge >= 0.3 is 0 Å². The van der Waals surface area contributed by atoms with Crippen LogP contribution in [0.15, 0.2) is 36.7 Å². The predicted molar refractivity (Wildman–Crippen MR) is 95.4 cm³/mol. The molecule has 1 aliphatic heterocycles. The van der Waals surface area contributed by atoms with Crippen LogP contribution >= 0.6 is 11.3 Å². The number of aryl methyl sites for hydroxylation is 1. The summed E-state index contributed by atoms with van der Waals surface area (Å²) in [5.41, 5.74) is 3.05. The fourth-order valence-electron chi connectivity index (χ4n) is 3.18. The normalized spacial score (nSPS) is 17.5. The van der Waals surface area contributed by atoms with Crippen LogP contribution in [0.5, 0.6) is 0 Å². The fraction of sp³-hybridized carbons (Fsp3) is 0.333. The molecule has 5 nitrogen and oxygen atoms in total. The van der Waals surface area contributed by atoms with Crippen LogP contribution in [0.2, 0.25) is 0 Å². The van der Waals surface area contributed by atoms with Crippen molar-refractivity contribution in [3.8, 4) is 0 Å². The number of nitrogens with one attached hydrogen (secondary N) is 2. The molecule has 4 rings (SSSR count). The maximum atomic E-state index is 12.4. The Morgan fingerprint density at radius 2 is 2.38 bits per heavy atom. The zero-order valence-corrected chi connectivity index (χ0v) is 14.4. The van der Waals surface area contributed by atoms with Crippen LogP contribution in [0.25, 0.3) is 5.65 Å². The van der Waals surface area contributed by atoms with Crippen LogP contribution in [0.3, 0.4) is 0 Å². The van der Waals surface area contributed by atoms with Crippen LogP contribution in [-0.2, 0) is 6.54 Å². The molecular formula is C18H20N4OS. The van der Waals surface area contributed by atoms with Gasteiger partial charge in [-0.1, -0.05) is 6.07 Å². The second-order valence-electron chi connectivity index (χ2n) is 6.17. The van der Waals surface area contributed by atoms with Crippen molar-refractivity contribution in [1.29, 1.82) is 0 Å². The lowest BCUT2D eigenvalue weighted by Gasteiger charge is -2.06. The van der Waals surface area contributed by atoms with E-state index in [0.717, 1.165) is 34.7 Å². The summed E-state index contributed by atoms with van der Waals surface area (Å²) in [7, 11) is 0. The van der Waals surface area contributed by atoms with Gasteiger partial charge in [-0.05, 0) is 50.1 Å². The van der Waals surface area contributed by atoms with Gasteiger partial charge in [0, 0.05) is 17.1 Å². The number of hydrogen-bond donors (Lipinski definition) is 2. The van der Waals surface area contributed by atoms with E-state index < -0.39 is 0 Å². The molecule has 1 saturated heterocycles. The minimum atomic E-state index is -0.0214. The number of amides is 1. The summed E-state index contributed by atoms with van der Waals surface area (Å²) >= 11 is 1.58. The van der Waals surface area contributed by atoms with Gasteiger partial charge in [0.05, 0.1) is 23.3 Å². The zero-order valence-electron chi connectivity index (χ0n) is 13.6. The highest BCUT2D eigenvalue weighted by molar-refractivity contribution is 7.14. The molecule has 3 aromatic rings. The Morgan fingerprint density at radius 3 is 3.21 bits per heavy atom. The van der Waals surface area contributed by atoms with Crippen LogP contribution in [0.4, 0.5) is 0 Å². The Bertz CT molecular complexity index is 876. The van der Waals surface area contributed by atoms with Crippen molar-refractivity contribution >= 4 is 22.9 Å². The lowest BCUT2D eigenvalue weighted by Crippen LogP contribution is -2.22. The molecule has 6 heteroatoms. The van der Waals surface area contributed by atoms with Gasteiger partial charge in [0.2, 0.25) is 0 Å². The van der Waals surface area contributed by atoms with Gasteiger partial charge in [0.15, 0.2) is 0 Å². The molecular weight excluding hydrogens is 320 g/mol. The average molecular weight is 340 g/mol. The molecule has 1 unspecified atom stereocenters. The minimum Gasteiger partial charge on any atom is -0.346 e. The molecule has 24 heavy (non-hydrogen) atoms. The van der Waals surface area contributed by atoms with Crippen LogP contribution in [0.1, 0.15) is 44.7 Å². The number of carbonyl (C=O) groups excluding carboxylic acids is 1. The van der Waals surface area contributed by atoms with E-state index in [1.54, 1.807) is 11.3 Å². The van der Waals surface area contributed by atoms with E-state index in [4.69, 9.17) is 0 Å². The Kier molecular flexibility index (Phi) is 4.08. The van der Waals surface area contributed by atoms with E-state index in [9.17, 15) is 4.79 Å². The molecule has 0 bridgehead atoms. The van der Waals surface area contributed by atoms with E-state index in [2.05, 4.69) is 21.7 Å². The summed E-state index contributed by atoms with van der Waals surface area (Å²) in [6.07, 6.45) is 6.16. The van der Waals surface area contributed by atoms with Crippen molar-refractivity contribution in [3.05, 3.63) is 57.7 Å². The lowest BCUT2D eigenvalue weighted by atomic mass is 10.2. The van der Waals surface area contributed by atoms with Crippen molar-refractivity contribution in [3.63, 3.8) is 0 Å². The molecule has 1 aliphatic rings. The van der Waals surface area contributed by atoms with Gasteiger partial charge in [0.1, 0.15) is 5.65 Å². The maximum Gasteiger partial charge on any atom is 0.261 e. The first-order chi connectivity index (χ1) is 11.7. The van der Waals surface area contributed by atoms with Crippen molar-refractivity contribution in [2.75, 3.05) is 6.54 Å². The van der Waals surface area contributed by atoms with Crippen molar-refractivity contribution in [2.45, 2.75) is 32.4 Å². The SMILES string of the molecule is Cc1cccn2c(CNC(=O)c3ccc(C4CCCN4)s3)cnc12. The molecule has 1 amide bonds. The summed E-state index contributed by atoms with van der Waals surface area (Å²) in [6, 6.07) is 8.44. The number of fused-ring (bicyclic) bond motifs is 1. The van der Waals surface area contributed by atoms with Gasteiger partial charge in [0.25, 0.3) is 5.91 Å². The third-order valence-corrected chi connectivity index (χ3v) is 5.69. The second kappa shape index (κ2) is 6.37. The topological polar surface area (TPSA) is 58.4 Å². The summed E-state index contributed by atoms with van der Waals surface area (Å²) in [5, 5.41) is 6.48. The molecule has 0 radical (unpaired) electrons. The fourth-order valence-corrected chi connectivity index (χ4v) is 4.21. The summed E-state index contributed by atoms with van der Waals surface area (Å²) in [6.45, 7) is 3.57. The van der Waals surface area contributed by atoms with E-state index in [1.807, 2.05) is 41.9 Å². The van der Waals surface area contributed by atoms with Crippen molar-refractivity contribution in [2.24, 2.45) is 0 Å². The highest BCUT2D eigenvalue weighted by Gasteiger charge is 2.19. The first-order valence-corrected chi connectivity index (χ1v) is 9.07. The second-order valence-corrected chi connectivity index (χ2v) is 7.28. The number of imidazole rings is 1. The van der Waals surface area contributed by atoms with E-state index in [-0.39, 0.29) is 5.91 Å². The highest BCUT2D eigenvalue weighted by atomic mass is 32.1. The zero-order chi connectivity index (χ0) is 16.5. The first-order valence-electron chi connectivity index (χ1n) is 8.25. The Balaban J connectivity index is 1.45. The predicted octanol–water partition coefficient (Wildman–Crippen LogP) is 3.06. The molecule has 1 fully saturated rings. The van der Waals surface area contributed by atoms with Crippen LogP contribution < -0.4 is 10.6 Å². The Labute approximate surface area is 144 Å². The van der Waals surface area contributed by atoms with Gasteiger partial charge < -0.3 is 15.0 Å². The van der Waals surface area contributed by atoms with E-state index >= 15 is 0 Å². The number of hydrogen-bond acceptors (Lipinski definition) is 4. The van der Waals surface area contributed by atoms with Crippen molar-refractivity contribution in [1.82, 2.24) is 20.0 Å². The average Bonchev–Trinajstić information content (AvgIpc) is 3.32. The third kappa shape index (κ3) is 2.83. The quantitative estimate of drug-likeness (QED) is 0.767. The largest absolute Gasteiger partial charge is 0.346 e. The standard InChI is InChI=1S/C18H20N4OS/c1-12-4-3-9-22-13(10-20-17(12)22)11-21-18(23)16-7-6-15(24-16)14-5-2-8-19-14/h3-4,6-7,9-10,14,19H,2,5,8,11H2,1H3,(H,21,23). The molecule has 0 saturated carbocycles. The molecule has 0 spiro atoms. The third-order valence-electron chi connectivity index (χ3n) is 4.49. The smallest absolute Gasteiger partial charge is 0.261 e. The number of rotatable bonds is 4. The first kappa shape index (κ1) is 15.4. The van der Waals surface area contributed by atoms with Gasteiger partial charge in [-0.2, -0.15) is 0 Å². The summed E-state index contributed by atoms with van der Waals surface area (Å²) in [5.74, 6) is -0.0214. The Hall–Kier alpha value is -2.18. The summed E-state index contributed by atoms with van der Waals surface area (Å²) in [4.78, 5) is 18.9. The molecule has 4 heterocycles. The number of carbonyl (C=O) groups is 1.